The lowest BCUT2D eigenvalue weighted by Gasteiger charge is -2.38. The zero-order valence-corrected chi connectivity index (χ0v) is 20.2. The van der Waals surface area contributed by atoms with Crippen molar-refractivity contribution in [3.05, 3.63) is 63.7 Å². The third-order valence-electron chi connectivity index (χ3n) is 6.17. The molecule has 4 atom stereocenters. The Hall–Kier alpha value is -2.50. The van der Waals surface area contributed by atoms with Crippen molar-refractivity contribution in [3.63, 3.8) is 0 Å². The zero-order valence-electron chi connectivity index (χ0n) is 18.6. The molecule has 1 fully saturated rings. The number of carbonyl (C=O) groups is 1. The predicted molar refractivity (Wildman–Crippen MR) is 125 cm³/mol. The summed E-state index contributed by atoms with van der Waals surface area (Å²) in [7, 11) is 1.68. The molecule has 1 aliphatic heterocycles. The number of aryl methyl sites for hydroxylation is 1. The third kappa shape index (κ3) is 5.52. The van der Waals surface area contributed by atoms with Crippen molar-refractivity contribution in [1.82, 2.24) is 20.4 Å². The number of halogens is 4. The average molecular weight is 529 g/mol. The standard InChI is InChI=1S/C23H24Cl2F2N4O4/c1-31-21(16(24)8-29-31)15-7-20(35-22(15)25)23(34)30-19-9-28-12(5-13(33)10-32)6-14(19)11-2-3-17(26)18(27)4-11/h2-4,7-8,12-14,19,28,32-33H,5-6,9-10H2,1H3,(H,30,34)/t12?,13?,14-,19+/m0/s1. The molecule has 3 aromatic rings. The van der Waals surface area contributed by atoms with E-state index in [1.54, 1.807) is 7.05 Å². The number of nitrogens with zero attached hydrogens (tertiary/aromatic N) is 2. The van der Waals surface area contributed by atoms with Crippen LogP contribution >= 0.6 is 23.2 Å². The molecule has 0 aliphatic carbocycles. The Labute approximate surface area is 209 Å². The van der Waals surface area contributed by atoms with E-state index in [0.29, 0.717) is 28.3 Å². The fraction of sp³-hybridized carbons (Fsp3) is 0.391. The fourth-order valence-corrected chi connectivity index (χ4v) is 4.93. The molecule has 8 nitrogen and oxygen atoms in total. The lowest BCUT2D eigenvalue weighted by molar-refractivity contribution is 0.0714. The van der Waals surface area contributed by atoms with Gasteiger partial charge in [0.1, 0.15) is 0 Å². The molecule has 35 heavy (non-hydrogen) atoms. The molecule has 0 bridgehead atoms. The van der Waals surface area contributed by atoms with Crippen molar-refractivity contribution in [2.45, 2.75) is 36.9 Å². The van der Waals surface area contributed by atoms with Crippen molar-refractivity contribution in [1.29, 1.82) is 0 Å². The highest BCUT2D eigenvalue weighted by molar-refractivity contribution is 6.35. The number of hydrogen-bond acceptors (Lipinski definition) is 6. The van der Waals surface area contributed by atoms with E-state index in [2.05, 4.69) is 15.7 Å². The molecule has 188 valence electrons. The molecular formula is C23H24Cl2F2N4O4. The molecule has 2 aromatic heterocycles. The SMILES string of the molecule is Cn1ncc(Cl)c1-c1cc(C(=O)N[C@@H]2CNC(CC(O)CO)C[C@H]2c2ccc(F)c(F)c2)oc1Cl. The summed E-state index contributed by atoms with van der Waals surface area (Å²) in [6.07, 6.45) is 1.19. The molecule has 4 rings (SSSR count). The van der Waals surface area contributed by atoms with E-state index in [-0.39, 0.29) is 30.0 Å². The summed E-state index contributed by atoms with van der Waals surface area (Å²) in [6, 6.07) is 4.36. The number of rotatable bonds is 7. The Balaban J connectivity index is 1.57. The second-order valence-corrected chi connectivity index (χ2v) is 9.29. The Kier molecular flexibility index (Phi) is 7.77. The van der Waals surface area contributed by atoms with Gasteiger partial charge in [-0.25, -0.2) is 8.78 Å². The fourth-order valence-electron chi connectivity index (χ4n) is 4.43. The highest BCUT2D eigenvalue weighted by atomic mass is 35.5. The maximum atomic E-state index is 14.0. The quantitative estimate of drug-likeness (QED) is 0.374. The van der Waals surface area contributed by atoms with Gasteiger partial charge in [-0.05, 0) is 42.1 Å². The lowest BCUT2D eigenvalue weighted by atomic mass is 9.81. The number of amides is 1. The molecular weight excluding hydrogens is 505 g/mol. The van der Waals surface area contributed by atoms with Gasteiger partial charge in [-0.15, -0.1) is 0 Å². The number of carbonyl (C=O) groups excluding carboxylic acids is 1. The van der Waals surface area contributed by atoms with Gasteiger partial charge in [0.2, 0.25) is 5.22 Å². The number of furan rings is 1. The minimum absolute atomic E-state index is 0.0300. The van der Waals surface area contributed by atoms with Gasteiger partial charge in [-0.2, -0.15) is 5.10 Å². The number of aliphatic hydroxyl groups is 2. The van der Waals surface area contributed by atoms with E-state index in [0.717, 1.165) is 12.1 Å². The van der Waals surface area contributed by atoms with Crippen LogP contribution in [0.2, 0.25) is 10.2 Å². The first kappa shape index (κ1) is 25.6. The summed E-state index contributed by atoms with van der Waals surface area (Å²) < 4.78 is 34.5. The van der Waals surface area contributed by atoms with Gasteiger partial charge in [0, 0.05) is 37.7 Å². The van der Waals surface area contributed by atoms with E-state index >= 15 is 0 Å². The molecule has 12 heteroatoms. The molecule has 1 amide bonds. The third-order valence-corrected chi connectivity index (χ3v) is 6.72. The van der Waals surface area contributed by atoms with Gasteiger partial charge in [-0.1, -0.05) is 17.7 Å². The zero-order chi connectivity index (χ0) is 25.3. The lowest BCUT2D eigenvalue weighted by Crippen LogP contribution is -2.54. The van der Waals surface area contributed by atoms with Crippen molar-refractivity contribution < 1.29 is 28.2 Å². The molecule has 0 saturated carbocycles. The molecule has 4 N–H and O–H groups in total. The topological polar surface area (TPSA) is 113 Å². The van der Waals surface area contributed by atoms with E-state index in [1.807, 2.05) is 0 Å². The first-order valence-corrected chi connectivity index (χ1v) is 11.7. The Morgan fingerprint density at radius 2 is 2.11 bits per heavy atom. The number of aliphatic hydroxyl groups excluding tert-OH is 2. The minimum Gasteiger partial charge on any atom is -0.439 e. The summed E-state index contributed by atoms with van der Waals surface area (Å²) in [5.41, 5.74) is 1.39. The van der Waals surface area contributed by atoms with Gasteiger partial charge < -0.3 is 25.3 Å². The smallest absolute Gasteiger partial charge is 0.287 e. The minimum atomic E-state index is -0.992. The number of nitrogens with one attached hydrogen (secondary N) is 2. The van der Waals surface area contributed by atoms with Gasteiger partial charge in [0.15, 0.2) is 17.4 Å². The monoisotopic (exact) mass is 528 g/mol. The van der Waals surface area contributed by atoms with Crippen LogP contribution in [0.25, 0.3) is 11.3 Å². The maximum Gasteiger partial charge on any atom is 0.287 e. The Morgan fingerprint density at radius 1 is 1.34 bits per heavy atom. The van der Waals surface area contributed by atoms with Gasteiger partial charge in [0.05, 0.1) is 35.2 Å². The van der Waals surface area contributed by atoms with Crippen LogP contribution < -0.4 is 10.6 Å². The maximum absolute atomic E-state index is 14.0. The summed E-state index contributed by atoms with van der Waals surface area (Å²) in [4.78, 5) is 13.1. The van der Waals surface area contributed by atoms with E-state index in [4.69, 9.17) is 27.6 Å². The number of aromatic nitrogens is 2. The predicted octanol–water partition coefficient (Wildman–Crippen LogP) is 3.25. The molecule has 1 saturated heterocycles. The van der Waals surface area contributed by atoms with Crippen LogP contribution in [0.1, 0.15) is 34.9 Å². The summed E-state index contributed by atoms with van der Waals surface area (Å²) >= 11 is 12.4. The Morgan fingerprint density at radius 3 is 2.77 bits per heavy atom. The largest absolute Gasteiger partial charge is 0.439 e. The van der Waals surface area contributed by atoms with E-state index < -0.39 is 42.2 Å². The van der Waals surface area contributed by atoms with Gasteiger partial charge in [-0.3, -0.25) is 9.48 Å². The summed E-state index contributed by atoms with van der Waals surface area (Å²) in [6.45, 7) is -0.108. The summed E-state index contributed by atoms with van der Waals surface area (Å²) in [5, 5.41) is 29.5. The highest BCUT2D eigenvalue weighted by Crippen LogP contribution is 2.36. The van der Waals surface area contributed by atoms with Crippen LogP contribution in [0.5, 0.6) is 0 Å². The van der Waals surface area contributed by atoms with Crippen LogP contribution in [-0.4, -0.2) is 57.2 Å². The van der Waals surface area contributed by atoms with Crippen molar-refractivity contribution in [2.24, 2.45) is 7.05 Å². The molecule has 0 spiro atoms. The molecule has 3 heterocycles. The number of piperidine rings is 1. The number of hydrogen-bond donors (Lipinski definition) is 4. The van der Waals surface area contributed by atoms with Crippen LogP contribution in [-0.2, 0) is 7.05 Å². The first-order valence-electron chi connectivity index (χ1n) is 10.9. The normalized spacial score (nSPS) is 21.2. The van der Waals surface area contributed by atoms with Crippen molar-refractivity contribution in [2.75, 3.05) is 13.2 Å². The summed E-state index contributed by atoms with van der Waals surface area (Å²) in [5.74, 6) is -2.97. The van der Waals surface area contributed by atoms with Crippen molar-refractivity contribution in [3.8, 4) is 11.3 Å². The highest BCUT2D eigenvalue weighted by Gasteiger charge is 2.34. The molecule has 1 aliphatic rings. The van der Waals surface area contributed by atoms with Crippen LogP contribution in [0.15, 0.2) is 34.9 Å². The average Bonchev–Trinajstić information content (AvgIpc) is 3.37. The second-order valence-electron chi connectivity index (χ2n) is 8.54. The van der Waals surface area contributed by atoms with E-state index in [9.17, 15) is 23.8 Å². The first-order chi connectivity index (χ1) is 16.7. The molecule has 0 radical (unpaired) electrons. The molecule has 1 aromatic carbocycles. The van der Waals surface area contributed by atoms with E-state index in [1.165, 1.54) is 23.0 Å². The Bertz CT molecular complexity index is 1200. The van der Waals surface area contributed by atoms with Crippen LogP contribution in [0, 0.1) is 11.6 Å². The van der Waals surface area contributed by atoms with Crippen molar-refractivity contribution >= 4 is 29.1 Å². The van der Waals surface area contributed by atoms with Crippen LogP contribution in [0.3, 0.4) is 0 Å². The second kappa shape index (κ2) is 10.6. The van der Waals surface area contributed by atoms with Gasteiger partial charge >= 0.3 is 0 Å². The number of benzene rings is 1. The van der Waals surface area contributed by atoms with Crippen LogP contribution in [0.4, 0.5) is 8.78 Å². The van der Waals surface area contributed by atoms with Gasteiger partial charge in [0.25, 0.3) is 5.91 Å². The molecule has 2 unspecified atom stereocenters.